The quantitative estimate of drug-likeness (QED) is 0.181. The van der Waals surface area contributed by atoms with Crippen molar-refractivity contribution in [2.75, 3.05) is 0 Å². The third kappa shape index (κ3) is 4.77. The topological polar surface area (TPSA) is 65.0 Å². The zero-order valence-electron chi connectivity index (χ0n) is 30.6. The molecule has 0 N–H and O–H groups in total. The van der Waals surface area contributed by atoms with Crippen LogP contribution in [0.25, 0.3) is 60.8 Å². The lowest BCUT2D eigenvalue weighted by Crippen LogP contribution is -2.33. The number of aromatic nitrogens is 3. The Hall–Kier alpha value is -6.85. The van der Waals surface area contributed by atoms with Gasteiger partial charge in [-0.1, -0.05) is 127 Å². The van der Waals surface area contributed by atoms with Crippen LogP contribution < -0.4 is 10.4 Å². The van der Waals surface area contributed by atoms with Gasteiger partial charge in [0.2, 0.25) is 0 Å². The summed E-state index contributed by atoms with van der Waals surface area (Å²) in [6.07, 6.45) is 6.54. The highest BCUT2D eigenvalue weighted by Crippen LogP contribution is 2.43. The minimum atomic E-state index is -0.0329. The average Bonchev–Trinajstić information content (AvgIpc) is 3.84. The van der Waals surface area contributed by atoms with Gasteiger partial charge >= 0.3 is 0 Å². The van der Waals surface area contributed by atoms with Crippen LogP contribution in [0.15, 0.2) is 154 Å². The van der Waals surface area contributed by atoms with Gasteiger partial charge in [0.15, 0.2) is 11.6 Å². The first-order valence-corrected chi connectivity index (χ1v) is 19.6. The number of rotatable bonds is 4. The lowest BCUT2D eigenvalue weighted by Gasteiger charge is -2.27. The molecule has 3 aliphatic rings. The molecule has 266 valence electrons. The van der Waals surface area contributed by atoms with Crippen LogP contribution in [0.5, 0.6) is 0 Å². The Morgan fingerprint density at radius 2 is 1.16 bits per heavy atom. The minimum Gasteiger partial charge on any atom is -0.456 e. The lowest BCUT2D eigenvalue weighted by atomic mass is 9.78. The molecule has 12 rings (SSSR count). The molecule has 56 heavy (non-hydrogen) atoms. The summed E-state index contributed by atoms with van der Waals surface area (Å²) in [7, 11) is 0. The third-order valence-corrected chi connectivity index (χ3v) is 12.2. The molecule has 5 nitrogen and oxygen atoms in total. The second kappa shape index (κ2) is 12.3. The fraction of sp³-hybridized carbons (Fsp3) is 0.118. The first kappa shape index (κ1) is 31.5. The average molecular weight is 722 g/mol. The highest BCUT2D eigenvalue weighted by atomic mass is 16.3. The van der Waals surface area contributed by atoms with Crippen LogP contribution >= 0.6 is 0 Å². The molecule has 3 aliphatic carbocycles. The van der Waals surface area contributed by atoms with Crippen LogP contribution in [0.1, 0.15) is 70.7 Å². The van der Waals surface area contributed by atoms with Crippen molar-refractivity contribution < 1.29 is 8.83 Å². The molecule has 0 spiro atoms. The Balaban J connectivity index is 1.11. The van der Waals surface area contributed by atoms with E-state index in [4.69, 9.17) is 23.8 Å². The maximum Gasteiger partial charge on any atom is 0.167 e. The van der Waals surface area contributed by atoms with Gasteiger partial charge in [-0.05, 0) is 94.1 Å². The van der Waals surface area contributed by atoms with Gasteiger partial charge < -0.3 is 8.83 Å². The van der Waals surface area contributed by atoms with Gasteiger partial charge in [-0.2, -0.15) is 0 Å². The molecule has 1 atom stereocenters. The van der Waals surface area contributed by atoms with Gasteiger partial charge in [-0.25, -0.2) is 15.0 Å². The van der Waals surface area contributed by atoms with E-state index in [1.807, 2.05) is 12.1 Å². The highest BCUT2D eigenvalue weighted by molar-refractivity contribution is 6.10. The molecular formula is C51H35N3O2. The maximum atomic E-state index is 6.62. The summed E-state index contributed by atoms with van der Waals surface area (Å²) in [5, 5.41) is 5.86. The van der Waals surface area contributed by atoms with Gasteiger partial charge in [0.1, 0.15) is 28.3 Å². The van der Waals surface area contributed by atoms with Crippen molar-refractivity contribution in [2.45, 2.75) is 38.0 Å². The molecule has 0 saturated carbocycles. The van der Waals surface area contributed by atoms with E-state index >= 15 is 0 Å². The van der Waals surface area contributed by atoms with Crippen molar-refractivity contribution in [3.63, 3.8) is 0 Å². The molecule has 0 amide bonds. The van der Waals surface area contributed by atoms with Gasteiger partial charge in [0.25, 0.3) is 0 Å². The molecule has 0 saturated heterocycles. The summed E-state index contributed by atoms with van der Waals surface area (Å²) in [5.74, 6) is 3.06. The van der Waals surface area contributed by atoms with E-state index in [-0.39, 0.29) is 5.92 Å². The number of hydrogen-bond donors (Lipinski definition) is 0. The number of nitrogens with zero attached hydrogens (tertiary/aromatic N) is 3. The summed E-state index contributed by atoms with van der Waals surface area (Å²) >= 11 is 0. The highest BCUT2D eigenvalue weighted by Gasteiger charge is 2.31. The molecule has 0 radical (unpaired) electrons. The minimum absolute atomic E-state index is 0.0329. The number of fused-ring (bicyclic) bond motifs is 10. The van der Waals surface area contributed by atoms with Crippen molar-refractivity contribution in [1.29, 1.82) is 0 Å². The van der Waals surface area contributed by atoms with Crippen LogP contribution in [-0.2, 0) is 12.8 Å². The molecule has 5 heteroatoms. The van der Waals surface area contributed by atoms with Crippen molar-refractivity contribution in [3.05, 3.63) is 202 Å². The number of aryl methyl sites for hydroxylation is 1. The first-order chi connectivity index (χ1) is 27.8. The van der Waals surface area contributed by atoms with E-state index in [0.29, 0.717) is 5.82 Å². The molecule has 3 aromatic heterocycles. The molecular weight excluding hydrogens is 687 g/mol. The summed E-state index contributed by atoms with van der Waals surface area (Å²) < 4.78 is 13.0. The molecule has 0 aliphatic heterocycles. The Labute approximate surface area is 323 Å². The fourth-order valence-electron chi connectivity index (χ4n) is 9.65. The Morgan fingerprint density at radius 1 is 0.500 bits per heavy atom. The van der Waals surface area contributed by atoms with Crippen LogP contribution in [-0.4, -0.2) is 15.0 Å². The van der Waals surface area contributed by atoms with Crippen LogP contribution in [0, 0.1) is 0 Å². The maximum absolute atomic E-state index is 6.62. The molecule has 0 bridgehead atoms. The number of hydrogen-bond acceptors (Lipinski definition) is 5. The number of furan rings is 2. The predicted octanol–water partition coefficient (Wildman–Crippen LogP) is 10.4. The second-order valence-corrected chi connectivity index (χ2v) is 15.2. The fourth-order valence-corrected chi connectivity index (χ4v) is 9.65. The van der Waals surface area contributed by atoms with Crippen molar-refractivity contribution in [1.82, 2.24) is 15.0 Å². The normalized spacial score (nSPS) is 16.1. The smallest absolute Gasteiger partial charge is 0.167 e. The predicted molar refractivity (Wildman–Crippen MR) is 223 cm³/mol. The number of benzene rings is 6. The monoisotopic (exact) mass is 721 g/mol. The van der Waals surface area contributed by atoms with E-state index in [1.54, 1.807) is 0 Å². The summed E-state index contributed by atoms with van der Waals surface area (Å²) in [4.78, 5) is 16.3. The Kier molecular flexibility index (Phi) is 6.94. The van der Waals surface area contributed by atoms with Crippen molar-refractivity contribution in [3.8, 4) is 11.1 Å². The number of para-hydroxylation sites is 2. The molecule has 0 fully saturated rings. The molecule has 1 unspecified atom stereocenters. The van der Waals surface area contributed by atoms with Gasteiger partial charge in [-0.3, -0.25) is 0 Å². The lowest BCUT2D eigenvalue weighted by molar-refractivity contribution is 0.589. The SMILES string of the molecule is C1=C(c2nc(C3=c4ccccc4=C(c4cccc5oc6ccccc6c45)CC3)nc(C3Cc4ccccc4-c4ccccc43)n2)c2oc3ccccc3c2CC1. The summed E-state index contributed by atoms with van der Waals surface area (Å²) in [5.41, 5.74) is 13.7. The van der Waals surface area contributed by atoms with Crippen molar-refractivity contribution in [2.24, 2.45) is 0 Å². The summed E-state index contributed by atoms with van der Waals surface area (Å²) in [6.45, 7) is 0. The Bertz CT molecular complexity index is 3250. The van der Waals surface area contributed by atoms with E-state index in [0.717, 1.165) is 88.0 Å². The second-order valence-electron chi connectivity index (χ2n) is 15.2. The standard InChI is InChI=1S/C51H35N3O2/c1-2-14-31-30(13-1)29-43(35-18-6-3-15-32(31)35)51-53-49(52-50(54-51)42-23-11-22-39-37-19-7-9-24-44(37)56-48(39)42)40-28-27-36(33-16-4-5-17-34(33)40)38-21-12-26-46-47(38)41-20-8-10-25-45(41)55-46/h1-10,12-21,23-26,43H,11,22,27-29H2. The first-order valence-electron chi connectivity index (χ1n) is 19.6. The zero-order valence-corrected chi connectivity index (χ0v) is 30.6. The Morgan fingerprint density at radius 3 is 2.05 bits per heavy atom. The zero-order chi connectivity index (χ0) is 36.7. The van der Waals surface area contributed by atoms with Crippen LogP contribution in [0.4, 0.5) is 0 Å². The largest absolute Gasteiger partial charge is 0.456 e. The third-order valence-electron chi connectivity index (χ3n) is 12.2. The van der Waals surface area contributed by atoms with Gasteiger partial charge in [-0.15, -0.1) is 0 Å². The summed E-state index contributed by atoms with van der Waals surface area (Å²) in [6, 6.07) is 49.4. The van der Waals surface area contributed by atoms with Gasteiger partial charge in [0.05, 0.1) is 5.57 Å². The number of allylic oxidation sites excluding steroid dienone is 1. The van der Waals surface area contributed by atoms with Gasteiger partial charge in [0, 0.05) is 33.2 Å². The van der Waals surface area contributed by atoms with E-state index in [1.165, 1.54) is 54.9 Å². The van der Waals surface area contributed by atoms with E-state index in [2.05, 4.69) is 133 Å². The van der Waals surface area contributed by atoms with Crippen molar-refractivity contribution >= 4 is 49.6 Å². The molecule has 9 aromatic rings. The van der Waals surface area contributed by atoms with E-state index in [9.17, 15) is 0 Å². The van der Waals surface area contributed by atoms with E-state index < -0.39 is 0 Å². The molecule has 6 aromatic carbocycles. The van der Waals surface area contributed by atoms with Crippen LogP contribution in [0.3, 0.4) is 0 Å². The van der Waals surface area contributed by atoms with Crippen LogP contribution in [0.2, 0.25) is 0 Å². The molecule has 3 heterocycles.